The van der Waals surface area contributed by atoms with Crippen LogP contribution < -0.4 is 0 Å². The Labute approximate surface area is 241 Å². The van der Waals surface area contributed by atoms with Crippen LogP contribution in [0.15, 0.2) is 53.4 Å². The molecule has 2 aromatic carbocycles. The monoisotopic (exact) mass is 641 g/mol. The lowest BCUT2D eigenvalue weighted by Gasteiger charge is -2.35. The third kappa shape index (κ3) is 5.37. The molecule has 1 aliphatic heterocycles. The zero-order valence-electron chi connectivity index (χ0n) is 22.6. The first-order chi connectivity index (χ1) is 19.7. The highest BCUT2D eigenvalue weighted by molar-refractivity contribution is 7.92. The summed E-state index contributed by atoms with van der Waals surface area (Å²) in [6.07, 6.45) is -12.3. The van der Waals surface area contributed by atoms with Gasteiger partial charge in [0, 0.05) is 24.6 Å². The van der Waals surface area contributed by atoms with Crippen LogP contribution in [0, 0.1) is 17.2 Å². The number of rotatable bonds is 6. The fourth-order valence-electron chi connectivity index (χ4n) is 5.89. The van der Waals surface area contributed by atoms with Crippen LogP contribution in [0.4, 0.5) is 35.1 Å². The second kappa shape index (κ2) is 10.7. The standard InChI is InChI=1S/C28H27F8NO5S/c1-24(23(39)40)12-10-17(11-13-24)22(38)37-15-14-25(16-37,43(41,42)21-8-6-20(29)7-9-21)18-2-4-19(5-3-18)26(30,27(31,32)33)28(34,35)36/h2-9,17H,10-16H2,1H3,(H,39,40)/t17?,24?,25-/m0/s1. The summed E-state index contributed by atoms with van der Waals surface area (Å²) >= 11 is 0. The average Bonchev–Trinajstić information content (AvgIpc) is 3.39. The molecule has 6 nitrogen and oxygen atoms in total. The minimum atomic E-state index is -6.38. The van der Waals surface area contributed by atoms with E-state index in [1.807, 2.05) is 0 Å². The summed E-state index contributed by atoms with van der Waals surface area (Å²) in [6.45, 7) is 0.849. The van der Waals surface area contributed by atoms with Gasteiger partial charge in [0.1, 0.15) is 10.6 Å². The number of sulfone groups is 1. The lowest BCUT2D eigenvalue weighted by atomic mass is 9.71. The number of amides is 1. The first-order valence-electron chi connectivity index (χ1n) is 13.2. The van der Waals surface area contributed by atoms with Crippen molar-refractivity contribution < 1.29 is 58.2 Å². The fraction of sp³-hybridized carbons (Fsp3) is 0.500. The molecule has 2 aliphatic rings. The molecule has 15 heteroatoms. The normalized spacial score (nSPS) is 25.5. The number of carbonyl (C=O) groups is 2. The Kier molecular flexibility index (Phi) is 8.16. The Bertz CT molecular complexity index is 1470. The summed E-state index contributed by atoms with van der Waals surface area (Å²) in [5, 5.41) is 9.47. The van der Waals surface area contributed by atoms with E-state index in [0.29, 0.717) is 12.1 Å². The second-order valence-electron chi connectivity index (χ2n) is 11.3. The smallest absolute Gasteiger partial charge is 0.435 e. The predicted molar refractivity (Wildman–Crippen MR) is 135 cm³/mol. The summed E-state index contributed by atoms with van der Waals surface area (Å²) < 4.78 is 134. The number of aliphatic carboxylic acids is 1. The third-order valence-electron chi connectivity index (χ3n) is 8.73. The zero-order valence-corrected chi connectivity index (χ0v) is 23.4. The molecule has 1 saturated heterocycles. The van der Waals surface area contributed by atoms with Gasteiger partial charge in [-0.2, -0.15) is 26.3 Å². The Balaban J connectivity index is 1.74. The Morgan fingerprint density at radius 3 is 1.84 bits per heavy atom. The van der Waals surface area contributed by atoms with Gasteiger partial charge >= 0.3 is 24.0 Å². The van der Waals surface area contributed by atoms with E-state index < -0.39 is 78.6 Å². The van der Waals surface area contributed by atoms with E-state index in [1.54, 1.807) is 6.92 Å². The van der Waals surface area contributed by atoms with Crippen LogP contribution >= 0.6 is 0 Å². The minimum Gasteiger partial charge on any atom is -0.481 e. The van der Waals surface area contributed by atoms with Gasteiger partial charge in [0.05, 0.1) is 10.3 Å². The first kappa shape index (κ1) is 32.7. The number of carboxylic acids is 1. The van der Waals surface area contributed by atoms with E-state index in [2.05, 4.69) is 0 Å². The number of benzene rings is 2. The quantitative estimate of drug-likeness (QED) is 0.296. The van der Waals surface area contributed by atoms with Crippen molar-refractivity contribution in [2.45, 2.75) is 66.7 Å². The molecule has 236 valence electrons. The van der Waals surface area contributed by atoms with Gasteiger partial charge in [-0.05, 0) is 68.9 Å². The van der Waals surface area contributed by atoms with Gasteiger partial charge in [-0.3, -0.25) is 9.59 Å². The van der Waals surface area contributed by atoms with E-state index in [9.17, 15) is 58.2 Å². The van der Waals surface area contributed by atoms with Gasteiger partial charge in [0.2, 0.25) is 5.91 Å². The Morgan fingerprint density at radius 2 is 1.37 bits per heavy atom. The minimum absolute atomic E-state index is 0.161. The number of halogens is 8. The molecule has 1 heterocycles. The van der Waals surface area contributed by atoms with E-state index >= 15 is 0 Å². The van der Waals surface area contributed by atoms with Crippen molar-refractivity contribution in [1.82, 2.24) is 4.90 Å². The molecule has 1 atom stereocenters. The number of hydrogen-bond donors (Lipinski definition) is 1. The Hall–Kier alpha value is -3.23. The topological polar surface area (TPSA) is 91.8 Å². The van der Waals surface area contributed by atoms with Crippen molar-refractivity contribution in [2.75, 3.05) is 13.1 Å². The van der Waals surface area contributed by atoms with Crippen LogP contribution in [0.3, 0.4) is 0 Å². The van der Waals surface area contributed by atoms with Crippen LogP contribution in [0.25, 0.3) is 0 Å². The number of carboxylic acid groups (broad SMARTS) is 1. The Morgan fingerprint density at radius 1 is 0.860 bits per heavy atom. The first-order valence-corrected chi connectivity index (χ1v) is 14.6. The highest BCUT2D eigenvalue weighted by Crippen LogP contribution is 2.54. The van der Waals surface area contributed by atoms with Crippen LogP contribution in [0.1, 0.15) is 50.2 Å². The zero-order chi connectivity index (χ0) is 32.2. The van der Waals surface area contributed by atoms with E-state index in [-0.39, 0.29) is 56.3 Å². The van der Waals surface area contributed by atoms with Crippen molar-refractivity contribution in [3.63, 3.8) is 0 Å². The summed E-state index contributed by atoms with van der Waals surface area (Å²) in [4.78, 5) is 25.8. The summed E-state index contributed by atoms with van der Waals surface area (Å²) in [5.74, 6) is -2.90. The van der Waals surface area contributed by atoms with Gasteiger partial charge in [0.25, 0.3) is 0 Å². The van der Waals surface area contributed by atoms with Crippen LogP contribution in [0.5, 0.6) is 0 Å². The molecule has 4 rings (SSSR count). The average molecular weight is 642 g/mol. The molecule has 0 radical (unpaired) electrons. The third-order valence-corrected chi connectivity index (χ3v) is 11.2. The maximum atomic E-state index is 14.7. The fourth-order valence-corrected chi connectivity index (χ4v) is 7.96. The van der Waals surface area contributed by atoms with Crippen molar-refractivity contribution in [2.24, 2.45) is 11.3 Å². The van der Waals surface area contributed by atoms with Gasteiger partial charge in [-0.15, -0.1) is 0 Å². The second-order valence-corrected chi connectivity index (χ2v) is 13.6. The van der Waals surface area contributed by atoms with Crippen LogP contribution in [-0.2, 0) is 29.8 Å². The number of hydrogen-bond acceptors (Lipinski definition) is 4. The van der Waals surface area contributed by atoms with Crippen molar-refractivity contribution >= 4 is 21.7 Å². The van der Waals surface area contributed by atoms with Crippen molar-refractivity contribution in [3.8, 4) is 0 Å². The van der Waals surface area contributed by atoms with Gasteiger partial charge in [-0.25, -0.2) is 17.2 Å². The largest absolute Gasteiger partial charge is 0.481 e. The molecule has 2 fully saturated rings. The summed E-state index contributed by atoms with van der Waals surface area (Å²) in [5.41, 5.74) is -8.85. The molecule has 1 saturated carbocycles. The summed E-state index contributed by atoms with van der Waals surface area (Å²) in [7, 11) is -4.58. The molecule has 0 unspecified atom stereocenters. The van der Waals surface area contributed by atoms with Gasteiger partial charge in [0.15, 0.2) is 9.84 Å². The van der Waals surface area contributed by atoms with Crippen molar-refractivity contribution in [3.05, 3.63) is 65.5 Å². The van der Waals surface area contributed by atoms with Gasteiger partial charge < -0.3 is 10.0 Å². The highest BCUT2D eigenvalue weighted by Gasteiger charge is 2.73. The molecule has 2 aromatic rings. The maximum absolute atomic E-state index is 14.7. The molecule has 0 aromatic heterocycles. The molecule has 1 aliphatic carbocycles. The SMILES string of the molecule is CC1(C(=O)O)CCC(C(=O)N2CC[C@](c3ccc(C(F)(C(F)(F)F)C(F)(F)F)cc3)(S(=O)(=O)c3ccc(F)cc3)C2)CC1. The van der Waals surface area contributed by atoms with Crippen molar-refractivity contribution in [1.29, 1.82) is 0 Å². The number of alkyl halides is 7. The summed E-state index contributed by atoms with van der Waals surface area (Å²) in [6, 6.07) is 5.36. The molecule has 1 amide bonds. The van der Waals surface area contributed by atoms with Crippen LogP contribution in [-0.4, -0.2) is 55.7 Å². The maximum Gasteiger partial charge on any atom is 0.435 e. The number of nitrogens with zero attached hydrogens (tertiary/aromatic N) is 1. The molecule has 0 bridgehead atoms. The van der Waals surface area contributed by atoms with E-state index in [1.165, 1.54) is 4.90 Å². The predicted octanol–water partition coefficient (Wildman–Crippen LogP) is 6.30. The molecular formula is C28H27F8NO5S. The lowest BCUT2D eigenvalue weighted by Crippen LogP contribution is -2.50. The molecular weight excluding hydrogens is 614 g/mol. The highest BCUT2D eigenvalue weighted by atomic mass is 32.2. The lowest BCUT2D eigenvalue weighted by molar-refractivity contribution is -0.348. The molecule has 1 N–H and O–H groups in total. The van der Waals surface area contributed by atoms with Gasteiger partial charge in [-0.1, -0.05) is 24.3 Å². The number of carbonyl (C=O) groups excluding carboxylic acids is 1. The van der Waals surface area contributed by atoms with Crippen LogP contribution in [0.2, 0.25) is 0 Å². The number of likely N-dealkylation sites (tertiary alicyclic amines) is 1. The van der Waals surface area contributed by atoms with E-state index in [4.69, 9.17) is 0 Å². The molecule has 0 spiro atoms. The molecule has 43 heavy (non-hydrogen) atoms. The van der Waals surface area contributed by atoms with E-state index in [0.717, 1.165) is 24.3 Å².